The highest BCUT2D eigenvalue weighted by Gasteiger charge is 2.17. The van der Waals surface area contributed by atoms with Crippen LogP contribution in [0.4, 0.5) is 0 Å². The Bertz CT molecular complexity index is 1250. The van der Waals surface area contributed by atoms with Gasteiger partial charge in [0.05, 0.1) is 5.52 Å². The minimum absolute atomic E-state index is 0.177. The van der Waals surface area contributed by atoms with E-state index in [4.69, 9.17) is 0 Å². The van der Waals surface area contributed by atoms with E-state index in [0.717, 1.165) is 23.9 Å². The van der Waals surface area contributed by atoms with Crippen LogP contribution in [0.15, 0.2) is 102 Å². The fourth-order valence-electron chi connectivity index (χ4n) is 3.67. The largest absolute Gasteiger partial charge is 0.231 e. The van der Waals surface area contributed by atoms with Crippen LogP contribution in [0.25, 0.3) is 21.8 Å². The molecular formula is C25H21N3S. The molecule has 4 heteroatoms. The van der Waals surface area contributed by atoms with Gasteiger partial charge in [-0.1, -0.05) is 89.8 Å². The molecule has 0 fully saturated rings. The Morgan fingerprint density at radius 2 is 1.52 bits per heavy atom. The maximum atomic E-state index is 4.50. The lowest BCUT2D eigenvalue weighted by atomic mass is 10.0. The summed E-state index contributed by atoms with van der Waals surface area (Å²) in [5, 5.41) is 11.6. The van der Waals surface area contributed by atoms with Crippen molar-refractivity contribution in [2.24, 2.45) is 0 Å². The van der Waals surface area contributed by atoms with E-state index in [1.54, 1.807) is 0 Å². The predicted octanol–water partition coefficient (Wildman–Crippen LogP) is 6.51. The molecule has 5 aromatic rings. The number of hydrogen-bond donors (Lipinski definition) is 0. The van der Waals surface area contributed by atoms with Gasteiger partial charge >= 0.3 is 0 Å². The van der Waals surface area contributed by atoms with E-state index in [1.807, 2.05) is 23.9 Å². The molecule has 5 rings (SSSR count). The fraction of sp³-hybridized carbons (Fsp3) is 0.120. The van der Waals surface area contributed by atoms with Gasteiger partial charge in [-0.05, 0) is 53.4 Å². The highest BCUT2D eigenvalue weighted by Crippen LogP contribution is 2.36. The van der Waals surface area contributed by atoms with Gasteiger partial charge in [-0.15, -0.1) is 5.10 Å². The molecule has 0 spiro atoms. The highest BCUT2D eigenvalue weighted by molar-refractivity contribution is 7.99. The van der Waals surface area contributed by atoms with E-state index in [2.05, 4.69) is 99.9 Å². The van der Waals surface area contributed by atoms with Crippen LogP contribution in [0.1, 0.15) is 17.4 Å². The van der Waals surface area contributed by atoms with Gasteiger partial charge in [-0.2, -0.15) is 0 Å². The SMILES string of the molecule is c1ccc(SC(CCc2ccc3ccccc3c2)n2nnc3ccccc32)cc1. The Balaban J connectivity index is 1.44. The summed E-state index contributed by atoms with van der Waals surface area (Å²) in [7, 11) is 0. The molecule has 29 heavy (non-hydrogen) atoms. The van der Waals surface area contributed by atoms with Crippen LogP contribution in [0.5, 0.6) is 0 Å². The third-order valence-electron chi connectivity index (χ3n) is 5.16. The van der Waals surface area contributed by atoms with E-state index in [1.165, 1.54) is 21.2 Å². The molecule has 1 aromatic heterocycles. The molecule has 0 aliphatic carbocycles. The van der Waals surface area contributed by atoms with Crippen molar-refractivity contribution >= 4 is 33.6 Å². The monoisotopic (exact) mass is 395 g/mol. The van der Waals surface area contributed by atoms with Gasteiger partial charge in [-0.25, -0.2) is 4.68 Å². The summed E-state index contributed by atoms with van der Waals surface area (Å²) < 4.78 is 2.08. The van der Waals surface area contributed by atoms with Gasteiger partial charge in [0.1, 0.15) is 10.9 Å². The van der Waals surface area contributed by atoms with Crippen LogP contribution >= 0.6 is 11.8 Å². The van der Waals surface area contributed by atoms with Crippen LogP contribution in [0, 0.1) is 0 Å². The lowest BCUT2D eigenvalue weighted by molar-refractivity contribution is 0.558. The van der Waals surface area contributed by atoms with E-state index >= 15 is 0 Å². The predicted molar refractivity (Wildman–Crippen MR) is 121 cm³/mol. The quantitative estimate of drug-likeness (QED) is 0.307. The molecule has 1 heterocycles. The number of aromatic nitrogens is 3. The average molecular weight is 396 g/mol. The number of hydrogen-bond acceptors (Lipinski definition) is 3. The first-order valence-electron chi connectivity index (χ1n) is 9.86. The normalized spacial score (nSPS) is 12.4. The summed E-state index contributed by atoms with van der Waals surface area (Å²) in [5.41, 5.74) is 3.38. The fourth-order valence-corrected chi connectivity index (χ4v) is 4.79. The Kier molecular flexibility index (Phi) is 5.01. The van der Waals surface area contributed by atoms with Crippen molar-refractivity contribution < 1.29 is 0 Å². The second kappa shape index (κ2) is 8.10. The van der Waals surface area contributed by atoms with E-state index in [0.29, 0.717) is 0 Å². The summed E-state index contributed by atoms with van der Waals surface area (Å²) in [6.07, 6.45) is 1.97. The lowest BCUT2D eigenvalue weighted by Gasteiger charge is -2.18. The Morgan fingerprint density at radius 1 is 0.759 bits per heavy atom. The number of nitrogens with zero attached hydrogens (tertiary/aromatic N) is 3. The number of rotatable bonds is 6. The topological polar surface area (TPSA) is 30.7 Å². The van der Waals surface area contributed by atoms with Crippen molar-refractivity contribution in [3.05, 3.63) is 103 Å². The molecule has 1 atom stereocenters. The standard InChI is InChI=1S/C25H21N3S/c1-2-10-22(11-3-1)29-25(28-24-13-7-6-12-23(24)26-27-28)17-15-19-14-16-20-8-4-5-9-21(20)18-19/h1-14,16,18,25H,15,17H2. The number of thioether (sulfide) groups is 1. The zero-order valence-corrected chi connectivity index (χ0v) is 16.8. The molecule has 0 N–H and O–H groups in total. The minimum Gasteiger partial charge on any atom is -0.231 e. The van der Waals surface area contributed by atoms with Crippen molar-refractivity contribution in [2.45, 2.75) is 23.1 Å². The first kappa shape index (κ1) is 18.0. The van der Waals surface area contributed by atoms with Crippen molar-refractivity contribution in [3.63, 3.8) is 0 Å². The first-order valence-corrected chi connectivity index (χ1v) is 10.7. The molecule has 0 amide bonds. The lowest BCUT2D eigenvalue weighted by Crippen LogP contribution is -2.09. The Labute approximate surface area is 174 Å². The zero-order valence-electron chi connectivity index (χ0n) is 16.0. The van der Waals surface area contributed by atoms with Crippen LogP contribution < -0.4 is 0 Å². The van der Waals surface area contributed by atoms with Crippen molar-refractivity contribution in [3.8, 4) is 0 Å². The van der Waals surface area contributed by atoms with E-state index < -0.39 is 0 Å². The molecule has 0 saturated heterocycles. The molecule has 0 radical (unpaired) electrons. The highest BCUT2D eigenvalue weighted by atomic mass is 32.2. The summed E-state index contributed by atoms with van der Waals surface area (Å²) in [5.74, 6) is 0. The third kappa shape index (κ3) is 3.89. The second-order valence-electron chi connectivity index (χ2n) is 7.13. The summed E-state index contributed by atoms with van der Waals surface area (Å²) in [6.45, 7) is 0. The Morgan fingerprint density at radius 3 is 2.41 bits per heavy atom. The van der Waals surface area contributed by atoms with E-state index in [-0.39, 0.29) is 5.37 Å². The van der Waals surface area contributed by atoms with Crippen LogP contribution in [0.2, 0.25) is 0 Å². The van der Waals surface area contributed by atoms with Gasteiger partial charge in [0, 0.05) is 4.90 Å². The number of benzene rings is 4. The molecule has 1 unspecified atom stereocenters. The maximum Gasteiger partial charge on any atom is 0.113 e. The van der Waals surface area contributed by atoms with Gasteiger partial charge < -0.3 is 0 Å². The molecule has 0 saturated carbocycles. The number of para-hydroxylation sites is 1. The number of fused-ring (bicyclic) bond motifs is 2. The van der Waals surface area contributed by atoms with Crippen LogP contribution in [-0.4, -0.2) is 15.0 Å². The van der Waals surface area contributed by atoms with Crippen molar-refractivity contribution in [2.75, 3.05) is 0 Å². The number of aryl methyl sites for hydroxylation is 1. The van der Waals surface area contributed by atoms with Gasteiger partial charge in [-0.3, -0.25) is 0 Å². The molecule has 3 nitrogen and oxygen atoms in total. The molecule has 0 aliphatic heterocycles. The second-order valence-corrected chi connectivity index (χ2v) is 8.38. The van der Waals surface area contributed by atoms with Crippen LogP contribution in [-0.2, 0) is 6.42 Å². The van der Waals surface area contributed by atoms with Crippen LogP contribution in [0.3, 0.4) is 0 Å². The smallest absolute Gasteiger partial charge is 0.113 e. The van der Waals surface area contributed by atoms with Gasteiger partial charge in [0.2, 0.25) is 0 Å². The Hall–Kier alpha value is -3.11. The maximum absolute atomic E-state index is 4.50. The van der Waals surface area contributed by atoms with Gasteiger partial charge in [0.25, 0.3) is 0 Å². The zero-order chi connectivity index (χ0) is 19.5. The average Bonchev–Trinajstić information content (AvgIpc) is 3.21. The van der Waals surface area contributed by atoms with Crippen molar-refractivity contribution in [1.29, 1.82) is 0 Å². The van der Waals surface area contributed by atoms with Gasteiger partial charge in [0.15, 0.2) is 0 Å². The molecule has 142 valence electrons. The van der Waals surface area contributed by atoms with E-state index in [9.17, 15) is 0 Å². The summed E-state index contributed by atoms with van der Waals surface area (Å²) >= 11 is 1.84. The summed E-state index contributed by atoms with van der Waals surface area (Å²) in [6, 6.07) is 34.0. The third-order valence-corrected chi connectivity index (χ3v) is 6.41. The minimum atomic E-state index is 0.177. The summed E-state index contributed by atoms with van der Waals surface area (Å²) in [4.78, 5) is 1.25. The molecular weight excluding hydrogens is 374 g/mol. The molecule has 0 aliphatic rings. The van der Waals surface area contributed by atoms with Crippen molar-refractivity contribution in [1.82, 2.24) is 15.0 Å². The molecule has 4 aromatic carbocycles. The molecule has 0 bridgehead atoms. The first-order chi connectivity index (χ1) is 14.4.